The number of rotatable bonds is 4. The fourth-order valence-electron chi connectivity index (χ4n) is 2.93. The maximum Gasteiger partial charge on any atom is 0.138 e. The van der Waals surface area contributed by atoms with Crippen LogP contribution >= 0.6 is 0 Å². The first-order valence-electron chi connectivity index (χ1n) is 9.64. The molecule has 6 N–H and O–H groups in total. The maximum atomic E-state index is 8.26. The van der Waals surface area contributed by atoms with Crippen LogP contribution in [-0.4, -0.2) is 28.8 Å². The van der Waals surface area contributed by atoms with Crippen molar-refractivity contribution in [3.8, 4) is 11.5 Å². The largest absolute Gasteiger partial charge is 0.457 e. The van der Waals surface area contributed by atoms with Crippen molar-refractivity contribution < 1.29 is 4.74 Å². The number of benzene rings is 2. The molecule has 2 aromatic carbocycles. The van der Waals surface area contributed by atoms with Crippen molar-refractivity contribution >= 4 is 17.3 Å². The van der Waals surface area contributed by atoms with Crippen LogP contribution in [0.3, 0.4) is 0 Å². The number of nitrogens with zero attached hydrogens (tertiary/aromatic N) is 2. The minimum Gasteiger partial charge on any atom is -0.457 e. The SMILES string of the molecule is C1CCNCC1.N=C(c1ccc(Oc2ccccc2)cc1)c1c(N)ncnc1N. The van der Waals surface area contributed by atoms with Crippen molar-refractivity contribution in [2.45, 2.75) is 19.3 Å². The summed E-state index contributed by atoms with van der Waals surface area (Å²) in [7, 11) is 0. The Balaban J connectivity index is 0.000000343. The number of nitrogens with one attached hydrogen (secondary N) is 2. The molecule has 150 valence electrons. The van der Waals surface area contributed by atoms with E-state index in [1.165, 1.54) is 38.7 Å². The molecule has 3 aromatic rings. The van der Waals surface area contributed by atoms with Gasteiger partial charge in [-0.25, -0.2) is 9.97 Å². The Morgan fingerprint density at radius 2 is 1.41 bits per heavy atom. The minimum atomic E-state index is 0.173. The van der Waals surface area contributed by atoms with Crippen LogP contribution in [0.2, 0.25) is 0 Å². The molecule has 2 heterocycles. The summed E-state index contributed by atoms with van der Waals surface area (Å²) in [5, 5.41) is 11.5. The molecular weight excluding hydrogens is 364 g/mol. The number of hydrogen-bond donors (Lipinski definition) is 4. The van der Waals surface area contributed by atoms with E-state index in [0.717, 1.165) is 5.75 Å². The molecule has 1 aromatic heterocycles. The van der Waals surface area contributed by atoms with Gasteiger partial charge in [-0.05, 0) is 62.3 Å². The molecule has 1 aliphatic heterocycles. The molecule has 0 saturated carbocycles. The van der Waals surface area contributed by atoms with Crippen LogP contribution in [0.25, 0.3) is 0 Å². The summed E-state index contributed by atoms with van der Waals surface area (Å²) in [6.07, 6.45) is 5.49. The second-order valence-electron chi connectivity index (χ2n) is 6.64. The third kappa shape index (κ3) is 5.76. The van der Waals surface area contributed by atoms with Gasteiger partial charge in [0, 0.05) is 5.56 Å². The van der Waals surface area contributed by atoms with E-state index in [0.29, 0.717) is 16.9 Å². The van der Waals surface area contributed by atoms with E-state index in [-0.39, 0.29) is 17.3 Å². The van der Waals surface area contributed by atoms with E-state index < -0.39 is 0 Å². The van der Waals surface area contributed by atoms with Crippen molar-refractivity contribution in [3.63, 3.8) is 0 Å². The quantitative estimate of drug-likeness (QED) is 0.505. The lowest BCUT2D eigenvalue weighted by molar-refractivity contribution is 0.482. The van der Waals surface area contributed by atoms with Crippen molar-refractivity contribution in [1.29, 1.82) is 5.41 Å². The van der Waals surface area contributed by atoms with E-state index in [1.807, 2.05) is 30.3 Å². The Hall–Kier alpha value is -3.45. The predicted molar refractivity (Wildman–Crippen MR) is 116 cm³/mol. The van der Waals surface area contributed by atoms with Crippen molar-refractivity contribution in [1.82, 2.24) is 15.3 Å². The number of anilines is 2. The number of nitrogens with two attached hydrogens (primary N) is 2. The molecule has 1 saturated heterocycles. The second kappa shape index (κ2) is 10.2. The van der Waals surface area contributed by atoms with Gasteiger partial charge in [-0.15, -0.1) is 0 Å². The van der Waals surface area contributed by atoms with Gasteiger partial charge < -0.3 is 21.5 Å². The van der Waals surface area contributed by atoms with E-state index in [9.17, 15) is 0 Å². The van der Waals surface area contributed by atoms with Crippen LogP contribution < -0.4 is 21.5 Å². The van der Waals surface area contributed by atoms with Gasteiger partial charge in [-0.2, -0.15) is 0 Å². The summed E-state index contributed by atoms with van der Waals surface area (Å²) < 4.78 is 5.72. The lowest BCUT2D eigenvalue weighted by Crippen LogP contribution is -2.21. The summed E-state index contributed by atoms with van der Waals surface area (Å²) in [4.78, 5) is 7.76. The van der Waals surface area contributed by atoms with Gasteiger partial charge in [0.2, 0.25) is 0 Å². The topological polar surface area (TPSA) is 123 Å². The predicted octanol–water partition coefficient (Wildman–Crippen LogP) is 3.61. The number of piperidine rings is 1. The van der Waals surface area contributed by atoms with Gasteiger partial charge in [0.25, 0.3) is 0 Å². The molecule has 7 nitrogen and oxygen atoms in total. The summed E-state index contributed by atoms with van der Waals surface area (Å²) in [5.74, 6) is 1.80. The molecule has 7 heteroatoms. The summed E-state index contributed by atoms with van der Waals surface area (Å²) in [6.45, 7) is 2.50. The van der Waals surface area contributed by atoms with Gasteiger partial charge in [-0.3, -0.25) is 5.41 Å². The first-order chi connectivity index (χ1) is 14.1. The molecule has 4 rings (SSSR count). The highest BCUT2D eigenvalue weighted by atomic mass is 16.5. The molecule has 29 heavy (non-hydrogen) atoms. The fraction of sp³-hybridized carbons (Fsp3) is 0.227. The van der Waals surface area contributed by atoms with Crippen molar-refractivity contribution in [3.05, 3.63) is 72.1 Å². The molecular formula is C22H26N6O. The summed E-state index contributed by atoms with van der Waals surface area (Å²) >= 11 is 0. The van der Waals surface area contributed by atoms with Crippen LogP contribution in [0.1, 0.15) is 30.4 Å². The highest BCUT2D eigenvalue weighted by molar-refractivity contribution is 6.15. The number of para-hydroxylation sites is 1. The van der Waals surface area contributed by atoms with Gasteiger partial charge in [0.15, 0.2) is 0 Å². The molecule has 0 spiro atoms. The fourth-order valence-corrected chi connectivity index (χ4v) is 2.93. The van der Waals surface area contributed by atoms with Gasteiger partial charge in [-0.1, -0.05) is 24.6 Å². The molecule has 0 amide bonds. The van der Waals surface area contributed by atoms with E-state index >= 15 is 0 Å². The second-order valence-corrected chi connectivity index (χ2v) is 6.64. The average molecular weight is 390 g/mol. The summed E-state index contributed by atoms with van der Waals surface area (Å²) in [5.41, 5.74) is 12.8. The van der Waals surface area contributed by atoms with Crippen LogP contribution in [0.5, 0.6) is 11.5 Å². The zero-order valence-corrected chi connectivity index (χ0v) is 16.3. The molecule has 0 atom stereocenters. The highest BCUT2D eigenvalue weighted by Gasteiger charge is 2.14. The normalized spacial score (nSPS) is 13.1. The first-order valence-corrected chi connectivity index (χ1v) is 9.64. The molecule has 0 aliphatic carbocycles. The zero-order chi connectivity index (χ0) is 20.5. The maximum absolute atomic E-state index is 8.26. The first kappa shape index (κ1) is 20.3. The molecule has 0 unspecified atom stereocenters. The van der Waals surface area contributed by atoms with Crippen LogP contribution in [0.4, 0.5) is 11.6 Å². The number of aromatic nitrogens is 2. The lowest BCUT2D eigenvalue weighted by Gasteiger charge is -2.10. The Labute approximate surface area is 170 Å². The monoisotopic (exact) mass is 390 g/mol. The summed E-state index contributed by atoms with van der Waals surface area (Å²) in [6, 6.07) is 16.6. The van der Waals surface area contributed by atoms with Crippen LogP contribution in [-0.2, 0) is 0 Å². The molecule has 1 fully saturated rings. The van der Waals surface area contributed by atoms with E-state index in [2.05, 4.69) is 15.3 Å². The van der Waals surface area contributed by atoms with Gasteiger partial charge in [0.05, 0.1) is 11.3 Å². The lowest BCUT2D eigenvalue weighted by atomic mass is 10.0. The molecule has 0 bridgehead atoms. The number of nitrogen functional groups attached to an aromatic ring is 2. The molecule has 1 aliphatic rings. The van der Waals surface area contributed by atoms with Gasteiger partial charge >= 0.3 is 0 Å². The number of ether oxygens (including phenoxy) is 1. The third-order valence-corrected chi connectivity index (χ3v) is 4.48. The highest BCUT2D eigenvalue weighted by Crippen LogP contribution is 2.24. The van der Waals surface area contributed by atoms with E-state index in [4.69, 9.17) is 21.6 Å². The van der Waals surface area contributed by atoms with Gasteiger partial charge in [0.1, 0.15) is 29.5 Å². The van der Waals surface area contributed by atoms with Crippen molar-refractivity contribution in [2.75, 3.05) is 24.6 Å². The smallest absolute Gasteiger partial charge is 0.138 e. The standard InChI is InChI=1S/C17H15N5O.C5H11N/c18-15(14-16(19)21-10-22-17(14)20)11-6-8-13(9-7-11)23-12-4-2-1-3-5-12;1-2-4-6-5-3-1/h1-10,18H,(H4,19,20,21,22);6H,1-5H2. The molecule has 0 radical (unpaired) electrons. The minimum absolute atomic E-state index is 0.173. The third-order valence-electron chi connectivity index (χ3n) is 4.48. The Bertz CT molecular complexity index is 892. The Kier molecular flexibility index (Phi) is 7.13. The Morgan fingerprint density at radius 3 is 1.93 bits per heavy atom. The average Bonchev–Trinajstić information content (AvgIpc) is 2.76. The van der Waals surface area contributed by atoms with E-state index in [1.54, 1.807) is 24.3 Å². The Morgan fingerprint density at radius 1 is 0.828 bits per heavy atom. The number of hydrogen-bond acceptors (Lipinski definition) is 7. The van der Waals surface area contributed by atoms with Crippen molar-refractivity contribution in [2.24, 2.45) is 0 Å². The van der Waals surface area contributed by atoms with Crippen LogP contribution in [0.15, 0.2) is 60.9 Å². The zero-order valence-electron chi connectivity index (χ0n) is 16.3. The van der Waals surface area contributed by atoms with Crippen LogP contribution in [0, 0.1) is 5.41 Å².